The molecule has 8 nitrogen and oxygen atoms in total. The zero-order valence-electron chi connectivity index (χ0n) is 17.0. The largest absolute Gasteiger partial charge is 0.352 e. The molecule has 0 aliphatic rings. The molecule has 0 saturated heterocycles. The van der Waals surface area contributed by atoms with E-state index < -0.39 is 0 Å². The van der Waals surface area contributed by atoms with Crippen molar-refractivity contribution in [3.63, 3.8) is 0 Å². The van der Waals surface area contributed by atoms with Gasteiger partial charge in [0.05, 0.1) is 5.69 Å². The summed E-state index contributed by atoms with van der Waals surface area (Å²) in [6.07, 6.45) is 3.32. The maximum absolute atomic E-state index is 12.5. The summed E-state index contributed by atoms with van der Waals surface area (Å²) < 4.78 is 1.50. The number of nitrogens with one attached hydrogen (secondary N) is 2. The zero-order valence-corrected chi connectivity index (χ0v) is 17.8. The Hall–Kier alpha value is -3.26. The second-order valence-electron chi connectivity index (χ2n) is 7.69. The molecule has 30 heavy (non-hydrogen) atoms. The van der Waals surface area contributed by atoms with Crippen molar-refractivity contribution in [3.05, 3.63) is 65.1 Å². The maximum Gasteiger partial charge on any atom is 0.252 e. The number of nitrogens with zero attached hydrogens (tertiary/aromatic N) is 4. The summed E-state index contributed by atoms with van der Waals surface area (Å²) in [4.78, 5) is 33.0. The molecule has 3 rings (SSSR count). The van der Waals surface area contributed by atoms with Gasteiger partial charge < -0.3 is 10.6 Å². The Morgan fingerprint density at radius 3 is 2.40 bits per heavy atom. The molecule has 0 aliphatic heterocycles. The first-order chi connectivity index (χ1) is 14.2. The van der Waals surface area contributed by atoms with E-state index >= 15 is 0 Å². The molecule has 0 atom stereocenters. The van der Waals surface area contributed by atoms with Crippen LogP contribution in [0.1, 0.15) is 43.2 Å². The summed E-state index contributed by atoms with van der Waals surface area (Å²) in [7, 11) is 0. The van der Waals surface area contributed by atoms with Crippen LogP contribution in [0, 0.1) is 0 Å². The van der Waals surface area contributed by atoms with Crippen LogP contribution in [-0.4, -0.2) is 38.1 Å². The quantitative estimate of drug-likeness (QED) is 0.629. The SMILES string of the molecule is CC(C)(C)c1cc(NC(=O)CCNC(=O)c2ccc(Cl)cc2)n(-c2ncccn2)n1. The van der Waals surface area contributed by atoms with Gasteiger partial charge >= 0.3 is 0 Å². The van der Waals surface area contributed by atoms with Gasteiger partial charge in [0.15, 0.2) is 0 Å². The first-order valence-electron chi connectivity index (χ1n) is 9.45. The Morgan fingerprint density at radius 1 is 1.10 bits per heavy atom. The average Bonchev–Trinajstić information content (AvgIpc) is 3.13. The van der Waals surface area contributed by atoms with Crippen LogP contribution in [0.15, 0.2) is 48.8 Å². The molecule has 2 amide bonds. The number of anilines is 1. The highest BCUT2D eigenvalue weighted by atomic mass is 35.5. The zero-order chi connectivity index (χ0) is 21.7. The van der Waals surface area contributed by atoms with Gasteiger partial charge in [0.1, 0.15) is 5.82 Å². The first-order valence-corrected chi connectivity index (χ1v) is 9.83. The molecule has 156 valence electrons. The number of carbonyl (C=O) groups is 2. The lowest BCUT2D eigenvalue weighted by molar-refractivity contribution is -0.116. The summed E-state index contributed by atoms with van der Waals surface area (Å²) in [5.74, 6) is 0.306. The molecule has 0 aliphatic carbocycles. The van der Waals surface area contributed by atoms with Crippen LogP contribution < -0.4 is 10.6 Å². The molecule has 1 aromatic carbocycles. The summed E-state index contributed by atoms with van der Waals surface area (Å²) in [5, 5.41) is 10.7. The molecule has 9 heteroatoms. The smallest absolute Gasteiger partial charge is 0.252 e. The van der Waals surface area contributed by atoms with Crippen molar-refractivity contribution in [1.82, 2.24) is 25.1 Å². The molecule has 2 N–H and O–H groups in total. The van der Waals surface area contributed by atoms with Gasteiger partial charge in [-0.25, -0.2) is 9.97 Å². The van der Waals surface area contributed by atoms with Gasteiger partial charge in [0, 0.05) is 47.4 Å². The van der Waals surface area contributed by atoms with E-state index in [-0.39, 0.29) is 30.2 Å². The Morgan fingerprint density at radius 2 is 1.77 bits per heavy atom. The van der Waals surface area contributed by atoms with Gasteiger partial charge in [-0.2, -0.15) is 9.78 Å². The highest BCUT2D eigenvalue weighted by molar-refractivity contribution is 6.30. The van der Waals surface area contributed by atoms with E-state index in [1.807, 2.05) is 20.8 Å². The van der Waals surface area contributed by atoms with E-state index in [0.717, 1.165) is 5.69 Å². The third kappa shape index (κ3) is 5.42. The van der Waals surface area contributed by atoms with E-state index in [2.05, 4.69) is 25.7 Å². The molecule has 2 heterocycles. The normalized spacial score (nSPS) is 11.2. The fourth-order valence-electron chi connectivity index (χ4n) is 2.59. The standard InChI is InChI=1S/C21H23ClN6O2/c1-21(2,3)16-13-17(28(27-16)20-24-10-4-11-25-20)26-18(29)9-12-23-19(30)14-5-7-15(22)8-6-14/h4-8,10-11,13H,9,12H2,1-3H3,(H,23,30)(H,26,29). The molecule has 0 spiro atoms. The number of benzene rings is 1. The molecule has 0 fully saturated rings. The molecule has 0 saturated carbocycles. The molecular formula is C21H23ClN6O2. The van der Waals surface area contributed by atoms with Gasteiger partial charge in [-0.05, 0) is 30.3 Å². The first kappa shape index (κ1) is 21.4. The summed E-state index contributed by atoms with van der Waals surface area (Å²) in [5.41, 5.74) is 1.06. The lowest BCUT2D eigenvalue weighted by atomic mass is 9.92. The monoisotopic (exact) mass is 426 g/mol. The second kappa shape index (κ2) is 9.04. The Balaban J connectivity index is 1.65. The second-order valence-corrected chi connectivity index (χ2v) is 8.12. The van der Waals surface area contributed by atoms with E-state index in [1.54, 1.807) is 48.8 Å². The Labute approximate surface area is 179 Å². The fraction of sp³-hybridized carbons (Fsp3) is 0.286. The lowest BCUT2D eigenvalue weighted by Gasteiger charge is -2.13. The van der Waals surface area contributed by atoms with Gasteiger partial charge in [-0.3, -0.25) is 9.59 Å². The number of aromatic nitrogens is 4. The average molecular weight is 427 g/mol. The van der Waals surface area contributed by atoms with Crippen molar-refractivity contribution >= 4 is 29.2 Å². The highest BCUT2D eigenvalue weighted by Crippen LogP contribution is 2.25. The minimum atomic E-state index is -0.266. The number of amides is 2. The van der Waals surface area contributed by atoms with Crippen molar-refractivity contribution < 1.29 is 9.59 Å². The summed E-state index contributed by atoms with van der Waals surface area (Å²) >= 11 is 5.83. The van der Waals surface area contributed by atoms with Crippen LogP contribution in [0.4, 0.5) is 5.82 Å². The van der Waals surface area contributed by atoms with Crippen LogP contribution >= 0.6 is 11.6 Å². The number of hydrogen-bond acceptors (Lipinski definition) is 5. The third-order valence-electron chi connectivity index (χ3n) is 4.23. The predicted octanol–water partition coefficient (Wildman–Crippen LogP) is 3.37. The number of carbonyl (C=O) groups excluding carboxylic acids is 2. The van der Waals surface area contributed by atoms with Crippen LogP contribution in [0.25, 0.3) is 5.95 Å². The Kier molecular flexibility index (Phi) is 6.47. The van der Waals surface area contributed by atoms with Crippen LogP contribution in [-0.2, 0) is 10.2 Å². The van der Waals surface area contributed by atoms with E-state index in [9.17, 15) is 9.59 Å². The lowest BCUT2D eigenvalue weighted by Crippen LogP contribution is -2.28. The minimum Gasteiger partial charge on any atom is -0.352 e. The van der Waals surface area contributed by atoms with Crippen LogP contribution in [0.2, 0.25) is 5.02 Å². The van der Waals surface area contributed by atoms with E-state index in [1.165, 1.54) is 4.68 Å². The van der Waals surface area contributed by atoms with Crippen LogP contribution in [0.5, 0.6) is 0 Å². The van der Waals surface area contributed by atoms with Crippen molar-refractivity contribution in [2.24, 2.45) is 0 Å². The fourth-order valence-corrected chi connectivity index (χ4v) is 2.71. The molecule has 0 unspecified atom stereocenters. The van der Waals surface area contributed by atoms with Crippen molar-refractivity contribution in [3.8, 4) is 5.95 Å². The van der Waals surface area contributed by atoms with Crippen molar-refractivity contribution in [2.75, 3.05) is 11.9 Å². The topological polar surface area (TPSA) is 102 Å². The predicted molar refractivity (Wildman–Crippen MR) is 115 cm³/mol. The highest BCUT2D eigenvalue weighted by Gasteiger charge is 2.22. The maximum atomic E-state index is 12.5. The summed E-state index contributed by atoms with van der Waals surface area (Å²) in [6.45, 7) is 6.28. The molecule has 0 radical (unpaired) electrons. The molecule has 0 bridgehead atoms. The van der Waals surface area contributed by atoms with Gasteiger partial charge in [-0.15, -0.1) is 0 Å². The molecular weight excluding hydrogens is 404 g/mol. The van der Waals surface area contributed by atoms with Crippen LogP contribution in [0.3, 0.4) is 0 Å². The van der Waals surface area contributed by atoms with E-state index in [4.69, 9.17) is 11.6 Å². The third-order valence-corrected chi connectivity index (χ3v) is 4.48. The number of rotatable bonds is 6. The van der Waals surface area contributed by atoms with Gasteiger partial charge in [-0.1, -0.05) is 32.4 Å². The van der Waals surface area contributed by atoms with Crippen molar-refractivity contribution in [2.45, 2.75) is 32.6 Å². The number of halogens is 1. The Bertz CT molecular complexity index is 1030. The summed E-state index contributed by atoms with van der Waals surface area (Å²) in [6, 6.07) is 10.1. The van der Waals surface area contributed by atoms with E-state index in [0.29, 0.717) is 22.4 Å². The van der Waals surface area contributed by atoms with Gasteiger partial charge in [0.2, 0.25) is 5.91 Å². The van der Waals surface area contributed by atoms with Gasteiger partial charge in [0.25, 0.3) is 11.9 Å². The molecule has 2 aromatic heterocycles. The van der Waals surface area contributed by atoms with Crippen molar-refractivity contribution in [1.29, 1.82) is 0 Å². The number of hydrogen-bond donors (Lipinski definition) is 2. The molecule has 3 aromatic rings. The minimum absolute atomic E-state index is 0.102.